The zero-order valence-electron chi connectivity index (χ0n) is 11.3. The SMILES string of the molecule is Cc1ccc(-c2nc3ccc(F)cn3c2CCl)cc1C. The lowest BCUT2D eigenvalue weighted by molar-refractivity contribution is 0.618. The summed E-state index contributed by atoms with van der Waals surface area (Å²) in [5.74, 6) is -0.0136. The summed E-state index contributed by atoms with van der Waals surface area (Å²) in [7, 11) is 0. The van der Waals surface area contributed by atoms with Gasteiger partial charge in [0.1, 0.15) is 11.5 Å². The largest absolute Gasteiger partial charge is 0.299 e. The van der Waals surface area contributed by atoms with Gasteiger partial charge in [0.2, 0.25) is 0 Å². The number of aromatic nitrogens is 2. The second kappa shape index (κ2) is 4.91. The molecule has 0 radical (unpaired) electrons. The predicted molar refractivity (Wildman–Crippen MR) is 79.6 cm³/mol. The third-order valence-electron chi connectivity index (χ3n) is 3.59. The molecule has 0 spiro atoms. The fourth-order valence-electron chi connectivity index (χ4n) is 2.31. The monoisotopic (exact) mass is 288 g/mol. The second-order valence-corrected chi connectivity index (χ2v) is 5.18. The van der Waals surface area contributed by atoms with Crippen LogP contribution < -0.4 is 0 Å². The number of hydrogen-bond acceptors (Lipinski definition) is 1. The third kappa shape index (κ3) is 2.08. The first-order chi connectivity index (χ1) is 9.60. The zero-order valence-corrected chi connectivity index (χ0v) is 12.1. The lowest BCUT2D eigenvalue weighted by Crippen LogP contribution is -1.93. The van der Waals surface area contributed by atoms with E-state index >= 15 is 0 Å². The van der Waals surface area contributed by atoms with Crippen molar-refractivity contribution >= 4 is 17.2 Å². The fraction of sp³-hybridized carbons (Fsp3) is 0.188. The summed E-state index contributed by atoms with van der Waals surface area (Å²) in [4.78, 5) is 4.58. The normalized spacial score (nSPS) is 11.2. The highest BCUT2D eigenvalue weighted by molar-refractivity contribution is 6.17. The van der Waals surface area contributed by atoms with Gasteiger partial charge in [-0.1, -0.05) is 12.1 Å². The van der Waals surface area contributed by atoms with Gasteiger partial charge in [0.05, 0.1) is 17.3 Å². The van der Waals surface area contributed by atoms with E-state index in [0.717, 1.165) is 17.0 Å². The van der Waals surface area contributed by atoms with Crippen LogP contribution in [-0.4, -0.2) is 9.38 Å². The molecule has 4 heteroatoms. The standard InChI is InChI=1S/C16H14ClFN2/c1-10-3-4-12(7-11(10)2)16-14(8-17)20-9-13(18)5-6-15(20)19-16/h3-7,9H,8H2,1-2H3. The minimum Gasteiger partial charge on any atom is -0.299 e. The Hall–Kier alpha value is -1.87. The van der Waals surface area contributed by atoms with Crippen LogP contribution >= 0.6 is 11.6 Å². The fourth-order valence-corrected chi connectivity index (χ4v) is 2.57. The van der Waals surface area contributed by atoms with E-state index in [1.165, 1.54) is 23.4 Å². The average molecular weight is 289 g/mol. The molecule has 0 atom stereocenters. The molecule has 2 aromatic heterocycles. The lowest BCUT2D eigenvalue weighted by Gasteiger charge is -2.05. The van der Waals surface area contributed by atoms with E-state index in [-0.39, 0.29) is 11.7 Å². The highest BCUT2D eigenvalue weighted by atomic mass is 35.5. The molecule has 0 aliphatic heterocycles. The van der Waals surface area contributed by atoms with Crippen LogP contribution in [0, 0.1) is 19.7 Å². The van der Waals surface area contributed by atoms with Gasteiger partial charge in [-0.25, -0.2) is 9.37 Å². The summed E-state index contributed by atoms with van der Waals surface area (Å²) in [6.45, 7) is 4.13. The first kappa shape index (κ1) is 13.1. The highest BCUT2D eigenvalue weighted by Crippen LogP contribution is 2.27. The summed E-state index contributed by atoms with van der Waals surface area (Å²) in [5, 5.41) is 0. The van der Waals surface area contributed by atoms with Crippen molar-refractivity contribution in [1.29, 1.82) is 0 Å². The molecule has 2 heterocycles. The van der Waals surface area contributed by atoms with E-state index in [1.54, 1.807) is 10.5 Å². The quantitative estimate of drug-likeness (QED) is 0.635. The van der Waals surface area contributed by atoms with E-state index in [4.69, 9.17) is 11.6 Å². The molecule has 1 aromatic carbocycles. The molecule has 0 aliphatic rings. The Morgan fingerprint density at radius 2 is 1.95 bits per heavy atom. The number of halogens is 2. The average Bonchev–Trinajstić information content (AvgIpc) is 2.79. The summed E-state index contributed by atoms with van der Waals surface area (Å²) >= 11 is 6.04. The van der Waals surface area contributed by atoms with Crippen molar-refractivity contribution in [2.75, 3.05) is 0 Å². The topological polar surface area (TPSA) is 17.3 Å². The minimum absolute atomic E-state index is 0.285. The van der Waals surface area contributed by atoms with E-state index in [9.17, 15) is 4.39 Å². The van der Waals surface area contributed by atoms with E-state index in [0.29, 0.717) is 5.65 Å². The van der Waals surface area contributed by atoms with Crippen molar-refractivity contribution in [2.45, 2.75) is 19.7 Å². The second-order valence-electron chi connectivity index (χ2n) is 4.92. The highest BCUT2D eigenvalue weighted by Gasteiger charge is 2.14. The lowest BCUT2D eigenvalue weighted by atomic mass is 10.0. The summed E-state index contributed by atoms with van der Waals surface area (Å²) in [6, 6.07) is 9.24. The molecule has 3 rings (SSSR count). The summed E-state index contributed by atoms with van der Waals surface area (Å²) < 4.78 is 15.1. The number of imidazole rings is 1. The Kier molecular flexibility index (Phi) is 3.22. The maximum atomic E-state index is 13.4. The van der Waals surface area contributed by atoms with Crippen LogP contribution in [-0.2, 0) is 5.88 Å². The van der Waals surface area contributed by atoms with Gasteiger partial charge in [0, 0.05) is 11.8 Å². The number of hydrogen-bond donors (Lipinski definition) is 0. The van der Waals surface area contributed by atoms with Gasteiger partial charge in [-0.3, -0.25) is 4.40 Å². The number of alkyl halides is 1. The number of fused-ring (bicyclic) bond motifs is 1. The molecule has 0 saturated carbocycles. The van der Waals surface area contributed by atoms with Gasteiger partial charge in [-0.2, -0.15) is 0 Å². The van der Waals surface area contributed by atoms with Crippen LogP contribution in [0.15, 0.2) is 36.5 Å². The van der Waals surface area contributed by atoms with Crippen molar-refractivity contribution in [2.24, 2.45) is 0 Å². The van der Waals surface area contributed by atoms with Crippen LogP contribution in [0.2, 0.25) is 0 Å². The van der Waals surface area contributed by atoms with Crippen molar-refractivity contribution in [3.8, 4) is 11.3 Å². The predicted octanol–water partition coefficient (Wildman–Crippen LogP) is 4.50. The Morgan fingerprint density at radius 3 is 2.65 bits per heavy atom. The molecule has 0 fully saturated rings. The number of nitrogens with zero attached hydrogens (tertiary/aromatic N) is 2. The summed E-state index contributed by atoms with van der Waals surface area (Å²) in [6.07, 6.45) is 1.42. The number of rotatable bonds is 2. The Bertz CT molecular complexity index is 793. The van der Waals surface area contributed by atoms with Crippen LogP contribution in [0.5, 0.6) is 0 Å². The number of benzene rings is 1. The van der Waals surface area contributed by atoms with E-state index in [2.05, 4.69) is 31.0 Å². The van der Waals surface area contributed by atoms with Crippen molar-refractivity contribution < 1.29 is 4.39 Å². The Labute approximate surface area is 121 Å². The smallest absolute Gasteiger partial charge is 0.139 e. The maximum absolute atomic E-state index is 13.4. The van der Waals surface area contributed by atoms with Gasteiger partial charge in [-0.05, 0) is 43.2 Å². The Morgan fingerprint density at radius 1 is 1.15 bits per heavy atom. The van der Waals surface area contributed by atoms with Crippen LogP contribution in [0.4, 0.5) is 4.39 Å². The van der Waals surface area contributed by atoms with Gasteiger partial charge >= 0.3 is 0 Å². The molecule has 0 amide bonds. The minimum atomic E-state index is -0.298. The van der Waals surface area contributed by atoms with Crippen molar-refractivity contribution in [1.82, 2.24) is 9.38 Å². The number of pyridine rings is 1. The van der Waals surface area contributed by atoms with E-state index in [1.807, 2.05) is 6.07 Å². The van der Waals surface area contributed by atoms with E-state index < -0.39 is 0 Å². The van der Waals surface area contributed by atoms with Gasteiger partial charge in [-0.15, -0.1) is 11.6 Å². The van der Waals surface area contributed by atoms with Crippen molar-refractivity contribution in [3.63, 3.8) is 0 Å². The zero-order chi connectivity index (χ0) is 14.3. The van der Waals surface area contributed by atoms with Crippen LogP contribution in [0.1, 0.15) is 16.8 Å². The molecule has 0 N–H and O–H groups in total. The molecule has 0 saturated heterocycles. The molecule has 0 bridgehead atoms. The first-order valence-corrected chi connectivity index (χ1v) is 6.93. The van der Waals surface area contributed by atoms with Crippen LogP contribution in [0.25, 0.3) is 16.9 Å². The van der Waals surface area contributed by atoms with Gasteiger partial charge < -0.3 is 0 Å². The molecule has 0 aliphatic carbocycles. The van der Waals surface area contributed by atoms with Gasteiger partial charge in [0.25, 0.3) is 0 Å². The maximum Gasteiger partial charge on any atom is 0.139 e. The molecule has 102 valence electrons. The Balaban J connectivity index is 2.27. The number of aryl methyl sites for hydroxylation is 2. The molecular weight excluding hydrogens is 275 g/mol. The molecule has 3 aromatic rings. The summed E-state index contributed by atoms with van der Waals surface area (Å²) in [5.41, 5.74) is 5.77. The third-order valence-corrected chi connectivity index (χ3v) is 3.84. The molecule has 0 unspecified atom stereocenters. The molecule has 2 nitrogen and oxygen atoms in total. The molecular formula is C16H14ClFN2. The molecule has 20 heavy (non-hydrogen) atoms. The van der Waals surface area contributed by atoms with Crippen molar-refractivity contribution in [3.05, 3.63) is 59.2 Å². The van der Waals surface area contributed by atoms with Gasteiger partial charge in [0.15, 0.2) is 0 Å². The van der Waals surface area contributed by atoms with Crippen LogP contribution in [0.3, 0.4) is 0 Å². The first-order valence-electron chi connectivity index (χ1n) is 6.40.